The largest absolute Gasteiger partial charge is 0.422 e. The number of benzene rings is 2. The zero-order chi connectivity index (χ0) is 18.2. The Bertz CT molecular complexity index is 837. The van der Waals surface area contributed by atoms with Gasteiger partial charge in [0.2, 0.25) is 0 Å². The fraction of sp³-hybridized carbons (Fsp3) is 0.300. The molecule has 0 amide bonds. The molecule has 25 heavy (non-hydrogen) atoms. The van der Waals surface area contributed by atoms with E-state index in [-0.39, 0.29) is 5.82 Å². The van der Waals surface area contributed by atoms with Crippen molar-refractivity contribution in [2.75, 3.05) is 4.23 Å². The van der Waals surface area contributed by atoms with Crippen LogP contribution in [0, 0.1) is 17.7 Å². The fourth-order valence-corrected chi connectivity index (χ4v) is 18.5. The monoisotopic (exact) mass is 387 g/mol. The lowest BCUT2D eigenvalue weighted by Crippen LogP contribution is -2.55. The highest BCUT2D eigenvalue weighted by Gasteiger charge is 2.48. The van der Waals surface area contributed by atoms with Crippen molar-refractivity contribution in [2.24, 2.45) is 0 Å². The second-order valence-electron chi connectivity index (χ2n) is 7.86. The maximum absolute atomic E-state index is 14.1. The first-order valence-electron chi connectivity index (χ1n) is 8.57. The van der Waals surface area contributed by atoms with Crippen LogP contribution in [0.4, 0.5) is 10.1 Å². The van der Waals surface area contributed by atoms with Gasteiger partial charge in [-0.15, -0.1) is 0 Å². The minimum absolute atomic E-state index is 0.329. The second-order valence-corrected chi connectivity index (χ2v) is 17.9. The van der Waals surface area contributed by atoms with Gasteiger partial charge in [-0.1, -0.05) is 67.8 Å². The molecule has 0 saturated carbocycles. The van der Waals surface area contributed by atoms with Crippen LogP contribution in [-0.2, 0) is 0 Å². The molecule has 0 spiro atoms. The van der Waals surface area contributed by atoms with Gasteiger partial charge in [0, 0.05) is 5.56 Å². The molecule has 0 aliphatic carbocycles. The molecule has 0 radical (unpaired) electrons. The summed E-state index contributed by atoms with van der Waals surface area (Å²) in [5.74, 6) is 6.03. The van der Waals surface area contributed by atoms with Crippen LogP contribution in [0.15, 0.2) is 42.5 Å². The molecule has 1 saturated heterocycles. The molecule has 1 aliphatic rings. The molecule has 3 rings (SSSR count). The second kappa shape index (κ2) is 6.64. The molecule has 2 aromatic carbocycles. The maximum atomic E-state index is 14.1. The Morgan fingerprint density at radius 2 is 1.56 bits per heavy atom. The third-order valence-corrected chi connectivity index (χ3v) is 15.2. The van der Waals surface area contributed by atoms with Crippen molar-refractivity contribution < 1.29 is 4.39 Å². The lowest BCUT2D eigenvalue weighted by atomic mass is 10.1. The Morgan fingerprint density at radius 1 is 0.960 bits per heavy atom. The Balaban J connectivity index is 2.16. The van der Waals surface area contributed by atoms with E-state index in [9.17, 15) is 4.39 Å². The Kier molecular flexibility index (Phi) is 4.85. The van der Waals surface area contributed by atoms with Crippen LogP contribution in [0.1, 0.15) is 11.1 Å². The first-order valence-corrected chi connectivity index (χ1v) is 15.3. The van der Waals surface area contributed by atoms with Gasteiger partial charge in [-0.25, -0.2) is 4.39 Å². The normalized spacial score (nSPS) is 17.9. The number of hydrogen-bond acceptors (Lipinski definition) is 1. The molecule has 0 aromatic heterocycles. The van der Waals surface area contributed by atoms with E-state index in [1.165, 1.54) is 24.2 Å². The van der Waals surface area contributed by atoms with E-state index in [1.807, 2.05) is 30.3 Å². The lowest BCUT2D eigenvalue weighted by molar-refractivity contribution is 0.627. The SMILES string of the molecule is C[Si]1(C)CC[Si](C)(C)N1c1c(Cl)cc(F)cc1C#Cc1ccccc1. The lowest BCUT2D eigenvalue weighted by Gasteiger charge is -2.42. The Morgan fingerprint density at radius 3 is 2.16 bits per heavy atom. The number of hydrogen-bond donors (Lipinski definition) is 0. The number of anilines is 1. The molecule has 1 heterocycles. The van der Waals surface area contributed by atoms with Crippen LogP contribution in [0.5, 0.6) is 0 Å². The van der Waals surface area contributed by atoms with Gasteiger partial charge >= 0.3 is 0 Å². The van der Waals surface area contributed by atoms with E-state index in [0.717, 1.165) is 11.3 Å². The summed E-state index contributed by atoms with van der Waals surface area (Å²) in [6.07, 6.45) is 0. The van der Waals surface area contributed by atoms with Crippen molar-refractivity contribution in [2.45, 2.75) is 38.3 Å². The zero-order valence-corrected chi connectivity index (χ0v) is 17.9. The molecule has 130 valence electrons. The molecule has 0 unspecified atom stereocenters. The number of halogens is 2. The van der Waals surface area contributed by atoms with Gasteiger partial charge < -0.3 is 4.23 Å². The molecular formula is C20H23ClFNSi2. The highest BCUT2D eigenvalue weighted by Crippen LogP contribution is 2.45. The highest BCUT2D eigenvalue weighted by atomic mass is 35.5. The molecule has 0 bridgehead atoms. The predicted molar refractivity (Wildman–Crippen MR) is 111 cm³/mol. The van der Waals surface area contributed by atoms with Gasteiger partial charge in [0.25, 0.3) is 0 Å². The molecule has 1 fully saturated rings. The van der Waals surface area contributed by atoms with E-state index in [4.69, 9.17) is 11.6 Å². The molecular weight excluding hydrogens is 365 g/mol. The number of nitrogens with zero attached hydrogens (tertiary/aromatic N) is 1. The van der Waals surface area contributed by atoms with Crippen molar-refractivity contribution >= 4 is 33.8 Å². The summed E-state index contributed by atoms with van der Waals surface area (Å²) >= 11 is 6.55. The smallest absolute Gasteiger partial charge is 0.141 e. The van der Waals surface area contributed by atoms with Crippen molar-refractivity contribution in [3.8, 4) is 11.8 Å². The molecule has 1 aliphatic heterocycles. The minimum Gasteiger partial charge on any atom is -0.422 e. The van der Waals surface area contributed by atoms with E-state index < -0.39 is 16.5 Å². The van der Waals surface area contributed by atoms with Gasteiger partial charge in [0.05, 0.1) is 16.3 Å². The highest BCUT2D eigenvalue weighted by molar-refractivity contribution is 7.04. The summed E-state index contributed by atoms with van der Waals surface area (Å²) in [4.78, 5) is 0. The summed E-state index contributed by atoms with van der Waals surface area (Å²) in [6, 6.07) is 15.3. The summed E-state index contributed by atoms with van der Waals surface area (Å²) < 4.78 is 16.7. The van der Waals surface area contributed by atoms with Crippen LogP contribution in [0.25, 0.3) is 0 Å². The number of rotatable bonds is 1. The zero-order valence-electron chi connectivity index (χ0n) is 15.2. The van der Waals surface area contributed by atoms with E-state index >= 15 is 0 Å². The maximum Gasteiger partial charge on any atom is 0.141 e. The van der Waals surface area contributed by atoms with Crippen molar-refractivity contribution in [1.82, 2.24) is 0 Å². The van der Waals surface area contributed by atoms with Crippen LogP contribution in [0.2, 0.25) is 43.3 Å². The summed E-state index contributed by atoms with van der Waals surface area (Å²) in [5.41, 5.74) is 2.58. The minimum atomic E-state index is -1.61. The Labute approximate surface area is 157 Å². The van der Waals surface area contributed by atoms with Crippen LogP contribution < -0.4 is 4.23 Å². The van der Waals surface area contributed by atoms with Gasteiger partial charge in [0.15, 0.2) is 0 Å². The van der Waals surface area contributed by atoms with Crippen LogP contribution >= 0.6 is 11.6 Å². The van der Waals surface area contributed by atoms with Gasteiger partial charge in [-0.3, -0.25) is 0 Å². The predicted octanol–water partition coefficient (Wildman–Crippen LogP) is 6.11. The molecule has 0 atom stereocenters. The summed E-state index contributed by atoms with van der Waals surface area (Å²) in [7, 11) is -3.23. The van der Waals surface area contributed by atoms with Crippen molar-refractivity contribution in [1.29, 1.82) is 0 Å². The third kappa shape index (κ3) is 3.69. The van der Waals surface area contributed by atoms with Crippen LogP contribution in [0.3, 0.4) is 0 Å². The first kappa shape index (κ1) is 18.3. The van der Waals surface area contributed by atoms with Crippen molar-refractivity contribution in [3.63, 3.8) is 0 Å². The topological polar surface area (TPSA) is 3.24 Å². The average Bonchev–Trinajstić information content (AvgIpc) is 2.75. The Hall–Kier alpha value is -1.55. The molecule has 1 nitrogen and oxygen atoms in total. The molecule has 5 heteroatoms. The van der Waals surface area contributed by atoms with Gasteiger partial charge in [-0.05, 0) is 36.4 Å². The van der Waals surface area contributed by atoms with E-state index in [2.05, 4.69) is 42.3 Å². The molecule has 2 aromatic rings. The summed E-state index contributed by atoms with van der Waals surface area (Å²) in [5, 5.41) is 0.486. The van der Waals surface area contributed by atoms with Crippen LogP contribution in [-0.4, -0.2) is 16.5 Å². The van der Waals surface area contributed by atoms with Gasteiger partial charge in [-0.2, -0.15) is 0 Å². The average molecular weight is 388 g/mol. The van der Waals surface area contributed by atoms with E-state index in [0.29, 0.717) is 10.6 Å². The standard InChI is InChI=1S/C20H23ClFNSi2/c1-24(2)12-13-25(3,4)23(24)20-17(14-18(22)15-19(20)21)11-10-16-8-6-5-7-9-16/h5-9,14-15H,12-13H2,1-4H3. The quantitative estimate of drug-likeness (QED) is 0.421. The molecule has 0 N–H and O–H groups in total. The third-order valence-electron chi connectivity index (χ3n) is 4.93. The summed E-state index contributed by atoms with van der Waals surface area (Å²) in [6.45, 7) is 9.51. The fourth-order valence-electron chi connectivity index (χ4n) is 3.81. The van der Waals surface area contributed by atoms with Gasteiger partial charge in [0.1, 0.15) is 22.3 Å². The van der Waals surface area contributed by atoms with Crippen molar-refractivity contribution in [3.05, 3.63) is 64.4 Å². The van der Waals surface area contributed by atoms with E-state index in [1.54, 1.807) is 0 Å². The first-order chi connectivity index (χ1) is 11.7.